The maximum absolute atomic E-state index is 13.5. The summed E-state index contributed by atoms with van der Waals surface area (Å²) in [5, 5.41) is 20.6. The van der Waals surface area contributed by atoms with Crippen molar-refractivity contribution in [3.8, 4) is 5.75 Å². The van der Waals surface area contributed by atoms with E-state index in [1.807, 2.05) is 12.1 Å². The van der Waals surface area contributed by atoms with Gasteiger partial charge < -0.3 is 31.1 Å². The molecule has 12 nitrogen and oxygen atoms in total. The Hall–Kier alpha value is -4.39. The van der Waals surface area contributed by atoms with Crippen LogP contribution in [0.5, 0.6) is 5.75 Å². The minimum absolute atomic E-state index is 0.0617. The van der Waals surface area contributed by atoms with Crippen LogP contribution < -0.4 is 37.1 Å². The number of nitrogens with one attached hydrogen (secondary N) is 4. The lowest BCUT2D eigenvalue weighted by molar-refractivity contribution is -0.513. The van der Waals surface area contributed by atoms with Crippen LogP contribution >= 0.6 is 0 Å². The number of nitrogens with zero attached hydrogens (tertiary/aromatic N) is 2. The van der Waals surface area contributed by atoms with Crippen LogP contribution in [-0.2, 0) is 5.41 Å². The highest BCUT2D eigenvalue weighted by Gasteiger charge is 2.68. The summed E-state index contributed by atoms with van der Waals surface area (Å²) in [7, 11) is 0. The Balaban J connectivity index is 1.22. The Morgan fingerprint density at radius 2 is 1.98 bits per heavy atom. The number of aliphatic hydroxyl groups excluding tert-OH is 1. The van der Waals surface area contributed by atoms with Crippen LogP contribution in [0.2, 0.25) is 0 Å². The molecule has 0 aromatic heterocycles. The minimum atomic E-state index is -1.23. The molecule has 0 bridgehead atoms. The number of guanidine groups is 2. The van der Waals surface area contributed by atoms with Crippen LogP contribution in [0.3, 0.4) is 0 Å². The van der Waals surface area contributed by atoms with E-state index in [9.17, 15) is 19.1 Å². The van der Waals surface area contributed by atoms with E-state index in [2.05, 4.69) is 39.8 Å². The largest absolute Gasteiger partial charge is 0.492 e. The average Bonchev–Trinajstić information content (AvgIpc) is 3.43. The van der Waals surface area contributed by atoms with Crippen molar-refractivity contribution in [1.29, 1.82) is 0 Å². The summed E-state index contributed by atoms with van der Waals surface area (Å²) >= 11 is 0. The fraction of sp³-hybridized carbons (Fsp3) is 0.429. The molecule has 4 aliphatic rings. The van der Waals surface area contributed by atoms with Crippen LogP contribution in [0.1, 0.15) is 46.5 Å². The lowest BCUT2D eigenvalue weighted by Crippen LogP contribution is -2.88. The number of nitrogens with two attached hydrogens (primary N) is 2. The number of hydrogen-bond acceptors (Lipinski definition) is 9. The van der Waals surface area contributed by atoms with Gasteiger partial charge in [-0.3, -0.25) is 20.3 Å². The van der Waals surface area contributed by atoms with E-state index >= 15 is 0 Å². The second-order valence-corrected chi connectivity index (χ2v) is 11.6. The Morgan fingerprint density at radius 3 is 2.73 bits per heavy atom. The molecule has 1 spiro atoms. The topological polar surface area (TPSA) is 181 Å². The van der Waals surface area contributed by atoms with Crippen molar-refractivity contribution in [2.24, 2.45) is 16.5 Å². The third-order valence-electron chi connectivity index (χ3n) is 8.59. The van der Waals surface area contributed by atoms with E-state index in [1.54, 1.807) is 11.0 Å². The van der Waals surface area contributed by atoms with E-state index in [4.69, 9.17) is 16.2 Å². The van der Waals surface area contributed by atoms with Crippen molar-refractivity contribution in [2.45, 2.75) is 55.6 Å². The molecule has 0 radical (unpaired) electrons. The van der Waals surface area contributed by atoms with Crippen LogP contribution in [0.25, 0.3) is 0 Å². The molecule has 2 aromatic carbocycles. The second kappa shape index (κ2) is 9.61. The average molecular weight is 566 g/mol. The number of fused-ring (bicyclic) bond motifs is 1. The third kappa shape index (κ3) is 4.31. The molecule has 4 aliphatic heterocycles. The van der Waals surface area contributed by atoms with Crippen molar-refractivity contribution in [2.75, 3.05) is 19.7 Å². The zero-order valence-electron chi connectivity index (χ0n) is 22.8. The molecule has 2 aromatic rings. The highest BCUT2D eigenvalue weighted by molar-refractivity contribution is 5.98. The molecule has 1 unspecified atom stereocenters. The molecule has 0 aliphatic carbocycles. The second-order valence-electron chi connectivity index (χ2n) is 11.6. The van der Waals surface area contributed by atoms with Crippen LogP contribution in [0.4, 0.5) is 4.39 Å². The number of rotatable bonds is 5. The highest BCUT2D eigenvalue weighted by Crippen LogP contribution is 2.41. The maximum Gasteiger partial charge on any atom is 0.343 e. The molecular formula is C28H34FN8O4+. The fourth-order valence-corrected chi connectivity index (χ4v) is 6.38. The van der Waals surface area contributed by atoms with Gasteiger partial charge in [-0.25, -0.2) is 14.7 Å². The molecule has 4 heterocycles. The van der Waals surface area contributed by atoms with E-state index in [0.29, 0.717) is 23.5 Å². The van der Waals surface area contributed by atoms with Gasteiger partial charge in [0.15, 0.2) is 12.0 Å². The summed E-state index contributed by atoms with van der Waals surface area (Å²) in [6.07, 6.45) is -0.322. The fourth-order valence-electron chi connectivity index (χ4n) is 6.38. The van der Waals surface area contributed by atoms with Gasteiger partial charge in [0, 0.05) is 24.2 Å². The van der Waals surface area contributed by atoms with Crippen molar-refractivity contribution in [1.82, 2.24) is 20.9 Å². The number of hydrogen-bond donors (Lipinski definition) is 7. The lowest BCUT2D eigenvalue weighted by atomic mass is 9.79. The molecule has 2 amide bonds. The zero-order chi connectivity index (χ0) is 29.1. The molecule has 0 saturated carbocycles. The quantitative estimate of drug-likeness (QED) is 0.214. The van der Waals surface area contributed by atoms with Crippen LogP contribution in [0.15, 0.2) is 47.5 Å². The van der Waals surface area contributed by atoms with Gasteiger partial charge in [0.1, 0.15) is 23.7 Å². The van der Waals surface area contributed by atoms with Gasteiger partial charge in [-0.05, 0) is 42.2 Å². The van der Waals surface area contributed by atoms with Gasteiger partial charge in [0.05, 0.1) is 18.2 Å². The number of amides is 2. The highest BCUT2D eigenvalue weighted by atomic mass is 19.1. The first kappa shape index (κ1) is 26.8. The molecule has 41 heavy (non-hydrogen) atoms. The SMILES string of the molecule is CC1(C)CCOc2c(C(=O)NC3CN4C(N)=N[C@@H](CNC(=O)c5ccc(F)cc5)[C@@H]5[NH+]=C(N)N[C@@]54[C@@H]3O)cccc21. The first-order chi connectivity index (χ1) is 19.5. The van der Waals surface area contributed by atoms with Crippen LogP contribution in [0, 0.1) is 5.82 Å². The summed E-state index contributed by atoms with van der Waals surface area (Å²) in [6.45, 7) is 4.97. The monoisotopic (exact) mass is 565 g/mol. The number of benzene rings is 2. The zero-order valence-corrected chi connectivity index (χ0v) is 22.8. The lowest BCUT2D eigenvalue weighted by Gasteiger charge is -2.43. The third-order valence-corrected chi connectivity index (χ3v) is 8.59. The Bertz CT molecular complexity index is 1460. The Kier molecular flexibility index (Phi) is 6.29. The summed E-state index contributed by atoms with van der Waals surface area (Å²) in [6, 6.07) is 8.74. The predicted octanol–water partition coefficient (Wildman–Crippen LogP) is -2.15. The number of aliphatic imine (C=N–C) groups is 1. The summed E-state index contributed by atoms with van der Waals surface area (Å²) < 4.78 is 19.2. The van der Waals surface area contributed by atoms with E-state index in [1.165, 1.54) is 24.3 Å². The minimum Gasteiger partial charge on any atom is -0.492 e. The number of carbonyl (C=O) groups is 2. The van der Waals surface area contributed by atoms with Gasteiger partial charge >= 0.3 is 5.96 Å². The molecule has 1 saturated heterocycles. The number of carbonyl (C=O) groups excluding carboxylic acids is 2. The Morgan fingerprint density at radius 1 is 1.22 bits per heavy atom. The summed E-state index contributed by atoms with van der Waals surface area (Å²) in [4.78, 5) is 35.6. The van der Waals surface area contributed by atoms with Gasteiger partial charge in [0.2, 0.25) is 5.66 Å². The molecule has 216 valence electrons. The number of para-hydroxylation sites is 1. The van der Waals surface area contributed by atoms with Crippen molar-refractivity contribution in [3.63, 3.8) is 0 Å². The molecule has 13 heteroatoms. The van der Waals surface area contributed by atoms with E-state index in [-0.39, 0.29) is 36.3 Å². The first-order valence-corrected chi connectivity index (χ1v) is 13.6. The van der Waals surface area contributed by atoms with Crippen molar-refractivity contribution >= 4 is 23.7 Å². The molecule has 6 rings (SSSR count). The number of aliphatic hydroxyl groups is 1. The van der Waals surface area contributed by atoms with Gasteiger partial charge in [-0.2, -0.15) is 0 Å². The van der Waals surface area contributed by atoms with Crippen LogP contribution in [-0.4, -0.2) is 83.3 Å². The van der Waals surface area contributed by atoms with Gasteiger partial charge in [0.25, 0.3) is 11.8 Å². The van der Waals surface area contributed by atoms with Gasteiger partial charge in [-0.1, -0.05) is 26.0 Å². The van der Waals surface area contributed by atoms with Gasteiger partial charge in [-0.15, -0.1) is 0 Å². The standard InChI is InChI=1S/C28H33FN8O4/c1-27(2)10-11-41-20-16(4-3-5-17(20)27)24(40)33-19-13-37-26(31)34-18(21-28(37,22(19)38)36-25(30)35-21)12-32-23(39)14-6-8-15(29)9-7-14/h3-9,18-19,21-22,38H,10-13H2,1-2H3,(H2,31,34)(H,32,39)(H,33,40)(H3,30,35,36)/p+1/t18-,19?,21-,22+,28-/m0/s1. The predicted molar refractivity (Wildman–Crippen MR) is 148 cm³/mol. The number of halogens is 1. The molecule has 1 fully saturated rings. The molecular weight excluding hydrogens is 531 g/mol. The number of ether oxygens (including phenoxy) is 1. The molecule has 5 atom stereocenters. The van der Waals surface area contributed by atoms with E-state index < -0.39 is 41.6 Å². The Labute approximate surface area is 236 Å². The molecule has 9 N–H and O–H groups in total. The normalized spacial score (nSPS) is 29.1. The first-order valence-electron chi connectivity index (χ1n) is 13.6. The summed E-state index contributed by atoms with van der Waals surface area (Å²) in [5.74, 6) is -0.341. The summed E-state index contributed by atoms with van der Waals surface area (Å²) in [5.41, 5.74) is 12.8. The van der Waals surface area contributed by atoms with Crippen molar-refractivity contribution < 1.29 is 28.8 Å². The van der Waals surface area contributed by atoms with E-state index in [0.717, 1.165) is 12.0 Å². The smallest absolute Gasteiger partial charge is 0.343 e. The maximum atomic E-state index is 13.5. The van der Waals surface area contributed by atoms with Crippen molar-refractivity contribution in [3.05, 3.63) is 65.0 Å².